The van der Waals surface area contributed by atoms with E-state index >= 15 is 0 Å². The molecular formula is C42H57N5O8S. The number of rotatable bonds is 15. The van der Waals surface area contributed by atoms with E-state index in [1.165, 1.54) is 17.0 Å². The summed E-state index contributed by atoms with van der Waals surface area (Å²) in [5.41, 5.74) is 4.16. The molecule has 1 saturated heterocycles. The molecule has 304 valence electrons. The van der Waals surface area contributed by atoms with E-state index in [0.717, 1.165) is 37.7 Å². The zero-order valence-electron chi connectivity index (χ0n) is 33.1. The minimum Gasteiger partial charge on any atom is -0.489 e. The number of hydrogen-bond acceptors (Lipinski definition) is 8. The van der Waals surface area contributed by atoms with Gasteiger partial charge in [0.2, 0.25) is 17.6 Å². The van der Waals surface area contributed by atoms with E-state index in [2.05, 4.69) is 16.0 Å². The lowest BCUT2D eigenvalue weighted by atomic mass is 9.83. The van der Waals surface area contributed by atoms with Gasteiger partial charge in [-0.1, -0.05) is 103 Å². The Morgan fingerprint density at radius 3 is 2.25 bits per heavy atom. The molecule has 5 atom stereocenters. The van der Waals surface area contributed by atoms with Gasteiger partial charge in [0.1, 0.15) is 24.4 Å². The molecule has 2 aromatic carbocycles. The van der Waals surface area contributed by atoms with Gasteiger partial charge in [-0.05, 0) is 71.6 Å². The first-order valence-electron chi connectivity index (χ1n) is 19.8. The van der Waals surface area contributed by atoms with E-state index in [4.69, 9.17) is 10.5 Å². The van der Waals surface area contributed by atoms with Crippen molar-refractivity contribution in [2.45, 2.75) is 121 Å². The van der Waals surface area contributed by atoms with E-state index in [1.807, 2.05) is 65.0 Å². The molecule has 1 heterocycles. The summed E-state index contributed by atoms with van der Waals surface area (Å²) >= 11 is 0. The lowest BCUT2D eigenvalue weighted by molar-refractivity contribution is -0.145. The van der Waals surface area contributed by atoms with Gasteiger partial charge >= 0.3 is 6.03 Å². The van der Waals surface area contributed by atoms with Crippen LogP contribution in [0.2, 0.25) is 0 Å². The van der Waals surface area contributed by atoms with Crippen LogP contribution in [-0.2, 0) is 35.6 Å². The van der Waals surface area contributed by atoms with E-state index in [-0.39, 0.29) is 47.0 Å². The molecule has 14 heteroatoms. The van der Waals surface area contributed by atoms with Crippen LogP contribution in [-0.4, -0.2) is 78.8 Å². The SMILES string of the molecule is CC(C)(C)[C@H](NC(=O)NC1(CS(=O)(=O)c2cccc(OCc3ccccc3)c2)CCCCC1)C(=O)N1CC2[C@@H]([C@H]1C(=O)NC(CC1CC1)C(=O)C(N)=O)C2(C)C. The Labute approximate surface area is 330 Å². The van der Waals surface area contributed by atoms with Crippen molar-refractivity contribution in [2.24, 2.45) is 34.3 Å². The van der Waals surface area contributed by atoms with Gasteiger partial charge in [-0.3, -0.25) is 19.2 Å². The molecule has 4 fully saturated rings. The summed E-state index contributed by atoms with van der Waals surface area (Å²) in [6.45, 7) is 10.1. The van der Waals surface area contributed by atoms with Crippen LogP contribution in [0, 0.1) is 28.6 Å². The number of ether oxygens (including phenoxy) is 1. The molecule has 0 aromatic heterocycles. The molecule has 2 aromatic rings. The quantitative estimate of drug-likeness (QED) is 0.192. The number of fused-ring (bicyclic) bond motifs is 1. The number of nitrogens with two attached hydrogens (primary N) is 1. The van der Waals surface area contributed by atoms with Crippen LogP contribution >= 0.6 is 0 Å². The molecule has 3 aliphatic carbocycles. The van der Waals surface area contributed by atoms with Gasteiger partial charge in [-0.2, -0.15) is 0 Å². The number of carbonyl (C=O) groups excluding carboxylic acids is 5. The zero-order chi connectivity index (χ0) is 40.6. The van der Waals surface area contributed by atoms with Crippen molar-refractivity contribution in [1.29, 1.82) is 0 Å². The second-order valence-electron chi connectivity index (χ2n) is 18.1. The molecule has 3 saturated carbocycles. The summed E-state index contributed by atoms with van der Waals surface area (Å²) in [6.07, 6.45) is 5.34. The largest absolute Gasteiger partial charge is 0.489 e. The molecular weight excluding hydrogens is 735 g/mol. The van der Waals surface area contributed by atoms with Gasteiger partial charge in [0.25, 0.3) is 5.91 Å². The number of amides is 5. The van der Waals surface area contributed by atoms with Gasteiger partial charge in [0, 0.05) is 6.54 Å². The fraction of sp³-hybridized carbons (Fsp3) is 0.595. The third-order valence-electron chi connectivity index (χ3n) is 12.4. The van der Waals surface area contributed by atoms with Gasteiger partial charge in [0.15, 0.2) is 9.84 Å². The second-order valence-corrected chi connectivity index (χ2v) is 20.1. The number of ketones is 1. The highest BCUT2D eigenvalue weighted by atomic mass is 32.2. The molecule has 1 aliphatic heterocycles. The molecule has 13 nitrogen and oxygen atoms in total. The number of urea groups is 1. The Morgan fingerprint density at radius 1 is 0.946 bits per heavy atom. The smallest absolute Gasteiger partial charge is 0.315 e. The fourth-order valence-corrected chi connectivity index (χ4v) is 10.7. The number of carbonyl (C=O) groups is 5. The monoisotopic (exact) mass is 791 g/mol. The minimum atomic E-state index is -3.91. The van der Waals surface area contributed by atoms with Gasteiger partial charge < -0.3 is 31.3 Å². The number of nitrogens with one attached hydrogen (secondary N) is 3. The number of nitrogens with zero attached hydrogens (tertiary/aromatic N) is 1. The highest BCUT2D eigenvalue weighted by Crippen LogP contribution is 2.65. The Bertz CT molecular complexity index is 1930. The van der Waals surface area contributed by atoms with Crippen molar-refractivity contribution < 1.29 is 37.1 Å². The number of Topliss-reactive ketones (excluding diaryl/α,β-unsaturated/α-hetero) is 1. The topological polar surface area (TPSA) is 194 Å². The Kier molecular flexibility index (Phi) is 11.6. The van der Waals surface area contributed by atoms with Crippen LogP contribution in [0.15, 0.2) is 59.5 Å². The first-order valence-corrected chi connectivity index (χ1v) is 21.5. The number of primary amides is 1. The molecule has 0 radical (unpaired) electrons. The average molecular weight is 792 g/mol. The number of piperidine rings is 1. The standard InChI is InChI=1S/C42H57N5O8S/c1-40(2,3)35(38(51)47-23-30-32(41(30,4)5)33(47)37(50)44-31(21-26-17-18-26)34(48)36(43)49)45-39(52)46-42(19-10-7-11-20-42)25-56(53,54)29-16-12-15-28(22-29)55-24-27-13-8-6-9-14-27/h6,8-9,12-16,22,26,30-33,35H,7,10-11,17-21,23-25H2,1-5H3,(H2,43,49)(H,44,50)(H2,45,46,52)/t30?,31?,32-,33-,35+/m0/s1. The molecule has 0 spiro atoms. The summed E-state index contributed by atoms with van der Waals surface area (Å²) in [6, 6.07) is 12.2. The summed E-state index contributed by atoms with van der Waals surface area (Å²) in [5.74, 6) is -2.79. The van der Waals surface area contributed by atoms with Crippen molar-refractivity contribution in [1.82, 2.24) is 20.9 Å². The number of sulfone groups is 1. The number of likely N-dealkylation sites (tertiary alicyclic amines) is 1. The van der Waals surface area contributed by atoms with E-state index < -0.39 is 68.5 Å². The zero-order valence-corrected chi connectivity index (χ0v) is 34.0. The second kappa shape index (κ2) is 15.8. The Morgan fingerprint density at radius 2 is 1.62 bits per heavy atom. The third-order valence-corrected chi connectivity index (χ3v) is 14.3. The van der Waals surface area contributed by atoms with Crippen molar-refractivity contribution in [3.05, 3.63) is 60.2 Å². The molecule has 4 aliphatic rings. The number of benzene rings is 2. The molecule has 6 rings (SSSR count). The predicted molar refractivity (Wildman–Crippen MR) is 210 cm³/mol. The Hall–Kier alpha value is -4.46. The molecule has 2 unspecified atom stereocenters. The highest BCUT2D eigenvalue weighted by Gasteiger charge is 2.70. The first kappa shape index (κ1) is 41.2. The van der Waals surface area contributed by atoms with Crippen LogP contribution in [0.4, 0.5) is 4.79 Å². The van der Waals surface area contributed by atoms with Gasteiger partial charge in [-0.15, -0.1) is 0 Å². The summed E-state index contributed by atoms with van der Waals surface area (Å²) in [5, 5.41) is 8.68. The van der Waals surface area contributed by atoms with Crippen molar-refractivity contribution in [2.75, 3.05) is 12.3 Å². The summed E-state index contributed by atoms with van der Waals surface area (Å²) in [7, 11) is -3.91. The third kappa shape index (κ3) is 9.22. The molecule has 0 bridgehead atoms. The van der Waals surface area contributed by atoms with Crippen molar-refractivity contribution in [3.8, 4) is 5.75 Å². The normalized spacial score (nSPS) is 23.5. The summed E-state index contributed by atoms with van der Waals surface area (Å²) < 4.78 is 33.9. The van der Waals surface area contributed by atoms with E-state index in [0.29, 0.717) is 25.0 Å². The minimum absolute atomic E-state index is 0.0309. The van der Waals surface area contributed by atoms with E-state index in [1.54, 1.807) is 12.1 Å². The molecule has 5 N–H and O–H groups in total. The first-order chi connectivity index (χ1) is 26.3. The average Bonchev–Trinajstić information content (AvgIpc) is 3.99. The van der Waals surface area contributed by atoms with Gasteiger partial charge in [-0.25, -0.2) is 13.2 Å². The summed E-state index contributed by atoms with van der Waals surface area (Å²) in [4.78, 5) is 68.8. The van der Waals surface area contributed by atoms with Crippen LogP contribution in [0.1, 0.15) is 91.5 Å². The lowest BCUT2D eigenvalue weighted by Gasteiger charge is -2.40. The van der Waals surface area contributed by atoms with Crippen LogP contribution in [0.3, 0.4) is 0 Å². The van der Waals surface area contributed by atoms with Crippen LogP contribution in [0.25, 0.3) is 0 Å². The predicted octanol–water partition coefficient (Wildman–Crippen LogP) is 4.28. The van der Waals surface area contributed by atoms with Crippen molar-refractivity contribution in [3.63, 3.8) is 0 Å². The van der Waals surface area contributed by atoms with Gasteiger partial charge in [0.05, 0.1) is 22.2 Å². The maximum Gasteiger partial charge on any atom is 0.315 e. The number of hydrogen-bond donors (Lipinski definition) is 4. The fourth-order valence-electron chi connectivity index (χ4n) is 8.86. The lowest BCUT2D eigenvalue weighted by Crippen LogP contribution is -2.63. The maximum atomic E-state index is 14.6. The van der Waals surface area contributed by atoms with Crippen LogP contribution in [0.5, 0.6) is 5.75 Å². The van der Waals surface area contributed by atoms with Crippen LogP contribution < -0.4 is 26.4 Å². The van der Waals surface area contributed by atoms with E-state index in [9.17, 15) is 32.4 Å². The maximum absolute atomic E-state index is 14.6. The highest BCUT2D eigenvalue weighted by molar-refractivity contribution is 7.91. The van der Waals surface area contributed by atoms with Crippen molar-refractivity contribution >= 4 is 39.4 Å². The molecule has 56 heavy (non-hydrogen) atoms. The molecule has 5 amide bonds. The Balaban J connectivity index is 1.17.